The number of halogens is 2. The first-order valence-electron chi connectivity index (χ1n) is 5.18. The van der Waals surface area contributed by atoms with E-state index in [2.05, 4.69) is 0 Å². The monoisotopic (exact) mass is 309 g/mol. The highest BCUT2D eigenvalue weighted by atomic mass is 35.5. The fraction of sp³-hybridized carbons (Fsp3) is 0.364. The van der Waals surface area contributed by atoms with Gasteiger partial charge in [-0.25, -0.2) is 12.8 Å². The van der Waals surface area contributed by atoms with E-state index in [0.717, 1.165) is 25.2 Å². The lowest BCUT2D eigenvalue weighted by molar-refractivity contribution is -0.145. The molecule has 0 fully saturated rings. The zero-order valence-electron chi connectivity index (χ0n) is 10.5. The van der Waals surface area contributed by atoms with Gasteiger partial charge in [0.05, 0.1) is 9.92 Å². The van der Waals surface area contributed by atoms with Crippen molar-refractivity contribution in [3.05, 3.63) is 29.0 Å². The summed E-state index contributed by atoms with van der Waals surface area (Å²) in [6, 6.07) is 2.89. The van der Waals surface area contributed by atoms with Gasteiger partial charge in [0.25, 0.3) is 0 Å². The van der Waals surface area contributed by atoms with Crippen LogP contribution in [-0.4, -0.2) is 36.4 Å². The maximum atomic E-state index is 13.0. The van der Waals surface area contributed by atoms with E-state index in [1.165, 1.54) is 13.8 Å². The van der Waals surface area contributed by atoms with Crippen LogP contribution in [0.1, 0.15) is 13.8 Å². The van der Waals surface area contributed by atoms with E-state index in [1.54, 1.807) is 0 Å². The number of sulfonamides is 1. The molecule has 0 aromatic heterocycles. The second-order valence-corrected chi connectivity index (χ2v) is 6.79. The van der Waals surface area contributed by atoms with E-state index in [0.29, 0.717) is 4.31 Å². The van der Waals surface area contributed by atoms with E-state index >= 15 is 0 Å². The Bertz CT molecular complexity index is 615. The van der Waals surface area contributed by atoms with Crippen LogP contribution in [0.15, 0.2) is 23.1 Å². The first-order chi connectivity index (χ1) is 8.51. The summed E-state index contributed by atoms with van der Waals surface area (Å²) in [5.41, 5.74) is -1.64. The van der Waals surface area contributed by atoms with Crippen LogP contribution < -0.4 is 0 Å². The van der Waals surface area contributed by atoms with Gasteiger partial charge in [-0.05, 0) is 32.0 Å². The van der Waals surface area contributed by atoms with Crippen molar-refractivity contribution in [2.45, 2.75) is 24.3 Å². The van der Waals surface area contributed by atoms with Crippen molar-refractivity contribution in [1.82, 2.24) is 4.31 Å². The highest BCUT2D eigenvalue weighted by Crippen LogP contribution is 2.26. The fourth-order valence-electron chi connectivity index (χ4n) is 1.23. The molecule has 1 N–H and O–H groups in total. The average molecular weight is 310 g/mol. The van der Waals surface area contributed by atoms with Gasteiger partial charge in [-0.3, -0.25) is 4.79 Å². The lowest BCUT2D eigenvalue weighted by atomic mass is 10.1. The largest absolute Gasteiger partial charge is 0.480 e. The lowest BCUT2D eigenvalue weighted by Crippen LogP contribution is -2.50. The molecule has 1 rings (SSSR count). The summed E-state index contributed by atoms with van der Waals surface area (Å²) in [4.78, 5) is 10.8. The number of carboxylic acid groups (broad SMARTS) is 1. The SMILES string of the molecule is CN(C(C)(C)C(=O)O)S(=O)(=O)c1ccc(F)c(Cl)c1. The van der Waals surface area contributed by atoms with Crippen molar-refractivity contribution in [2.75, 3.05) is 7.05 Å². The van der Waals surface area contributed by atoms with Gasteiger partial charge in [0, 0.05) is 7.05 Å². The third-order valence-electron chi connectivity index (χ3n) is 2.86. The molecular formula is C11H13ClFNO4S. The molecule has 8 heteroatoms. The van der Waals surface area contributed by atoms with Crippen molar-refractivity contribution in [1.29, 1.82) is 0 Å². The molecule has 0 saturated heterocycles. The smallest absolute Gasteiger partial charge is 0.324 e. The van der Waals surface area contributed by atoms with Gasteiger partial charge >= 0.3 is 5.97 Å². The van der Waals surface area contributed by atoms with E-state index in [1.807, 2.05) is 0 Å². The van der Waals surface area contributed by atoms with Crippen molar-refractivity contribution < 1.29 is 22.7 Å². The van der Waals surface area contributed by atoms with Crippen LogP contribution >= 0.6 is 11.6 Å². The molecule has 0 aliphatic heterocycles. The van der Waals surface area contributed by atoms with Gasteiger partial charge in [-0.15, -0.1) is 0 Å². The second-order valence-electron chi connectivity index (χ2n) is 4.41. The quantitative estimate of drug-likeness (QED) is 0.922. The maximum Gasteiger partial charge on any atom is 0.324 e. The summed E-state index contributed by atoms with van der Waals surface area (Å²) in [5.74, 6) is -2.05. The fourth-order valence-corrected chi connectivity index (χ4v) is 2.98. The number of benzene rings is 1. The molecule has 106 valence electrons. The molecule has 1 aromatic rings. The molecule has 0 atom stereocenters. The van der Waals surface area contributed by atoms with Crippen LogP contribution in [0, 0.1) is 5.82 Å². The van der Waals surface area contributed by atoms with Gasteiger partial charge in [0.15, 0.2) is 0 Å². The summed E-state index contributed by atoms with van der Waals surface area (Å²) in [7, 11) is -2.94. The molecule has 0 aliphatic rings. The number of rotatable bonds is 4. The average Bonchev–Trinajstić information content (AvgIpc) is 2.31. The van der Waals surface area contributed by atoms with Crippen LogP contribution in [-0.2, 0) is 14.8 Å². The summed E-state index contributed by atoms with van der Waals surface area (Å²) >= 11 is 5.53. The molecule has 19 heavy (non-hydrogen) atoms. The molecule has 0 heterocycles. The third kappa shape index (κ3) is 2.88. The van der Waals surface area contributed by atoms with Crippen LogP contribution in [0.5, 0.6) is 0 Å². The van der Waals surface area contributed by atoms with Crippen LogP contribution in [0.25, 0.3) is 0 Å². The number of hydrogen-bond acceptors (Lipinski definition) is 3. The first-order valence-corrected chi connectivity index (χ1v) is 7.00. The van der Waals surface area contributed by atoms with Crippen molar-refractivity contribution in [3.63, 3.8) is 0 Å². The van der Waals surface area contributed by atoms with Gasteiger partial charge in [-0.1, -0.05) is 11.6 Å². The van der Waals surface area contributed by atoms with Crippen molar-refractivity contribution in [2.24, 2.45) is 0 Å². The lowest BCUT2D eigenvalue weighted by Gasteiger charge is -2.30. The Morgan fingerprint density at radius 1 is 1.42 bits per heavy atom. The Balaban J connectivity index is 3.32. The Labute approximate surface area is 115 Å². The predicted octanol–water partition coefficient (Wildman–Crippen LogP) is 1.96. The molecule has 0 amide bonds. The van der Waals surface area contributed by atoms with Crippen molar-refractivity contribution >= 4 is 27.6 Å². The zero-order valence-corrected chi connectivity index (χ0v) is 12.1. The van der Waals surface area contributed by atoms with Gasteiger partial charge < -0.3 is 5.11 Å². The molecular weight excluding hydrogens is 297 g/mol. The number of carbonyl (C=O) groups is 1. The summed E-state index contributed by atoms with van der Waals surface area (Å²) < 4.78 is 38.2. The molecule has 0 saturated carbocycles. The third-order valence-corrected chi connectivity index (χ3v) is 5.18. The highest BCUT2D eigenvalue weighted by Gasteiger charge is 2.40. The van der Waals surface area contributed by atoms with E-state index in [9.17, 15) is 17.6 Å². The zero-order chi connectivity index (χ0) is 15.0. The maximum absolute atomic E-state index is 13.0. The summed E-state index contributed by atoms with van der Waals surface area (Å²) in [6.45, 7) is 2.50. The van der Waals surface area contributed by atoms with Crippen LogP contribution in [0.2, 0.25) is 5.02 Å². The Hall–Kier alpha value is -1.18. The topological polar surface area (TPSA) is 74.7 Å². The van der Waals surface area contributed by atoms with Crippen LogP contribution in [0.3, 0.4) is 0 Å². The van der Waals surface area contributed by atoms with Crippen molar-refractivity contribution in [3.8, 4) is 0 Å². The standard InChI is InChI=1S/C11H13ClFNO4S/c1-11(2,10(15)16)14(3)19(17,18)7-4-5-9(13)8(12)6-7/h4-6H,1-3H3,(H,15,16). The minimum Gasteiger partial charge on any atom is -0.480 e. The molecule has 1 aromatic carbocycles. The molecule has 0 aliphatic carbocycles. The predicted molar refractivity (Wildman–Crippen MR) is 68.1 cm³/mol. The Morgan fingerprint density at radius 2 is 1.95 bits per heavy atom. The Morgan fingerprint density at radius 3 is 2.37 bits per heavy atom. The van der Waals surface area contributed by atoms with Gasteiger partial charge in [-0.2, -0.15) is 4.31 Å². The minimum atomic E-state index is -4.08. The Kier molecular flexibility index (Phi) is 4.23. The normalized spacial score (nSPS) is 12.7. The molecule has 0 bridgehead atoms. The molecule has 5 nitrogen and oxygen atoms in total. The number of aliphatic carboxylic acids is 1. The van der Waals surface area contributed by atoms with E-state index < -0.39 is 27.3 Å². The summed E-state index contributed by atoms with van der Waals surface area (Å²) in [5, 5.41) is 8.68. The van der Waals surface area contributed by atoms with E-state index in [4.69, 9.17) is 16.7 Å². The van der Waals surface area contributed by atoms with E-state index in [-0.39, 0.29) is 9.92 Å². The van der Waals surface area contributed by atoms with Crippen LogP contribution in [0.4, 0.5) is 4.39 Å². The number of hydrogen-bond donors (Lipinski definition) is 1. The molecule has 0 spiro atoms. The number of carboxylic acids is 1. The van der Waals surface area contributed by atoms with Gasteiger partial charge in [0.2, 0.25) is 10.0 Å². The highest BCUT2D eigenvalue weighted by molar-refractivity contribution is 7.89. The first kappa shape index (κ1) is 15.9. The van der Waals surface area contributed by atoms with Gasteiger partial charge in [0.1, 0.15) is 11.4 Å². The minimum absolute atomic E-state index is 0.268. The second kappa shape index (κ2) is 5.07. The summed E-state index contributed by atoms with van der Waals surface area (Å²) in [6.07, 6.45) is 0. The number of nitrogens with zero attached hydrogens (tertiary/aromatic N) is 1. The molecule has 0 radical (unpaired) electrons. The number of likely N-dealkylation sites (N-methyl/N-ethyl adjacent to an activating group) is 1. The molecule has 0 unspecified atom stereocenters.